The first-order valence-electron chi connectivity index (χ1n) is 6.46. The van der Waals surface area contributed by atoms with Gasteiger partial charge in [-0.05, 0) is 30.2 Å². The van der Waals surface area contributed by atoms with Crippen LogP contribution >= 0.6 is 11.6 Å². The van der Waals surface area contributed by atoms with Gasteiger partial charge in [-0.3, -0.25) is 4.98 Å². The molecule has 2 aromatic rings. The van der Waals surface area contributed by atoms with E-state index in [4.69, 9.17) is 16.3 Å². The molecule has 6 nitrogen and oxygen atoms in total. The third kappa shape index (κ3) is 4.62. The van der Waals surface area contributed by atoms with E-state index in [1.807, 2.05) is 18.2 Å². The molecular formula is C13H16ClN5O. The second-order valence-corrected chi connectivity index (χ2v) is 4.39. The molecule has 0 atom stereocenters. The molecule has 0 unspecified atom stereocenters. The third-order valence-corrected chi connectivity index (χ3v) is 2.61. The van der Waals surface area contributed by atoms with E-state index in [1.54, 1.807) is 6.20 Å². The topological polar surface area (TPSA) is 72.8 Å². The van der Waals surface area contributed by atoms with Crippen LogP contribution in [-0.4, -0.2) is 33.1 Å². The number of halogens is 1. The van der Waals surface area contributed by atoms with Crippen LogP contribution in [0.2, 0.25) is 5.28 Å². The molecule has 2 rings (SSSR count). The van der Waals surface area contributed by atoms with Gasteiger partial charge in [0, 0.05) is 24.9 Å². The Kier molecular flexibility index (Phi) is 5.49. The van der Waals surface area contributed by atoms with Crippen LogP contribution in [0.25, 0.3) is 0 Å². The zero-order valence-electron chi connectivity index (χ0n) is 11.2. The monoisotopic (exact) mass is 293 g/mol. The van der Waals surface area contributed by atoms with E-state index >= 15 is 0 Å². The Morgan fingerprint density at radius 2 is 2.15 bits per heavy atom. The lowest BCUT2D eigenvalue weighted by Gasteiger charge is -2.07. The fraction of sp³-hybridized carbons (Fsp3) is 0.385. The van der Waals surface area contributed by atoms with Crippen LogP contribution in [-0.2, 0) is 6.42 Å². The molecule has 2 heterocycles. The summed E-state index contributed by atoms with van der Waals surface area (Å²) < 4.78 is 5.48. The van der Waals surface area contributed by atoms with Crippen molar-refractivity contribution in [1.29, 1.82) is 0 Å². The average molecular weight is 294 g/mol. The Bertz CT molecular complexity index is 538. The van der Waals surface area contributed by atoms with E-state index in [0.29, 0.717) is 19.0 Å². The number of ether oxygens (including phenoxy) is 1. The largest absolute Gasteiger partial charge is 0.463 e. The summed E-state index contributed by atoms with van der Waals surface area (Å²) >= 11 is 5.83. The summed E-state index contributed by atoms with van der Waals surface area (Å²) in [5.41, 5.74) is 0.956. The first kappa shape index (κ1) is 14.5. The molecule has 0 saturated heterocycles. The molecule has 2 aromatic heterocycles. The minimum absolute atomic E-state index is 0.117. The van der Waals surface area contributed by atoms with Gasteiger partial charge < -0.3 is 10.1 Å². The van der Waals surface area contributed by atoms with Crippen LogP contribution in [0.5, 0.6) is 6.01 Å². The average Bonchev–Trinajstić information content (AvgIpc) is 2.46. The van der Waals surface area contributed by atoms with Gasteiger partial charge in [0.15, 0.2) is 0 Å². The Labute approximate surface area is 122 Å². The van der Waals surface area contributed by atoms with Crippen LogP contribution in [0.4, 0.5) is 5.95 Å². The molecule has 0 bridgehead atoms. The molecule has 7 heteroatoms. The molecule has 1 N–H and O–H groups in total. The number of pyridine rings is 1. The molecule has 0 radical (unpaired) electrons. The van der Waals surface area contributed by atoms with E-state index < -0.39 is 0 Å². The number of nitrogens with zero attached hydrogens (tertiary/aromatic N) is 4. The number of hydrogen-bond acceptors (Lipinski definition) is 6. The van der Waals surface area contributed by atoms with Gasteiger partial charge in [0.2, 0.25) is 11.2 Å². The highest BCUT2D eigenvalue weighted by Crippen LogP contribution is 2.11. The van der Waals surface area contributed by atoms with Crippen molar-refractivity contribution >= 4 is 17.5 Å². The Morgan fingerprint density at radius 1 is 1.25 bits per heavy atom. The van der Waals surface area contributed by atoms with Crippen LogP contribution in [0.1, 0.15) is 19.0 Å². The van der Waals surface area contributed by atoms with Crippen LogP contribution in [0.15, 0.2) is 24.4 Å². The lowest BCUT2D eigenvalue weighted by atomic mass is 10.3. The number of rotatable bonds is 7. The minimum Gasteiger partial charge on any atom is -0.463 e. The molecule has 0 aliphatic heterocycles. The molecule has 0 fully saturated rings. The van der Waals surface area contributed by atoms with Crippen molar-refractivity contribution in [3.63, 3.8) is 0 Å². The molecule has 0 aromatic carbocycles. The van der Waals surface area contributed by atoms with Crippen molar-refractivity contribution in [2.45, 2.75) is 19.8 Å². The molecule has 0 saturated carbocycles. The zero-order valence-corrected chi connectivity index (χ0v) is 12.0. The molecule has 0 amide bonds. The van der Waals surface area contributed by atoms with Crippen molar-refractivity contribution in [3.8, 4) is 6.01 Å². The molecule has 0 aliphatic carbocycles. The van der Waals surface area contributed by atoms with Crippen molar-refractivity contribution in [3.05, 3.63) is 35.4 Å². The second-order valence-electron chi connectivity index (χ2n) is 4.06. The van der Waals surface area contributed by atoms with E-state index in [2.05, 4.69) is 32.2 Å². The van der Waals surface area contributed by atoms with Crippen molar-refractivity contribution in [2.75, 3.05) is 18.5 Å². The van der Waals surface area contributed by atoms with E-state index in [9.17, 15) is 0 Å². The van der Waals surface area contributed by atoms with Gasteiger partial charge in [-0.1, -0.05) is 13.0 Å². The summed E-state index contributed by atoms with van der Waals surface area (Å²) in [7, 11) is 0. The summed E-state index contributed by atoms with van der Waals surface area (Å²) in [6.07, 6.45) is 3.41. The van der Waals surface area contributed by atoms with Crippen LogP contribution in [0.3, 0.4) is 0 Å². The standard InChI is InChI=1S/C13H16ClN5O/c1-2-7-16-12-17-11(14)18-13(19-12)20-9-6-10-5-3-4-8-15-10/h3-5,8H,2,6-7,9H2,1H3,(H,16,17,18,19). The van der Waals surface area contributed by atoms with Gasteiger partial charge in [0.25, 0.3) is 0 Å². The van der Waals surface area contributed by atoms with Gasteiger partial charge in [0.05, 0.1) is 6.61 Å². The zero-order chi connectivity index (χ0) is 14.2. The summed E-state index contributed by atoms with van der Waals surface area (Å²) in [6, 6.07) is 5.98. The Balaban J connectivity index is 1.90. The third-order valence-electron chi connectivity index (χ3n) is 2.44. The SMILES string of the molecule is CCCNc1nc(Cl)nc(OCCc2ccccn2)n1. The predicted molar refractivity (Wildman–Crippen MR) is 77.1 cm³/mol. The summed E-state index contributed by atoms with van der Waals surface area (Å²) in [5, 5.41) is 3.16. The maximum absolute atomic E-state index is 5.83. The number of anilines is 1. The minimum atomic E-state index is 0.117. The highest BCUT2D eigenvalue weighted by atomic mass is 35.5. The van der Waals surface area contributed by atoms with Gasteiger partial charge >= 0.3 is 6.01 Å². The van der Waals surface area contributed by atoms with Crippen molar-refractivity contribution in [1.82, 2.24) is 19.9 Å². The quantitative estimate of drug-likeness (QED) is 0.845. The van der Waals surface area contributed by atoms with Crippen molar-refractivity contribution < 1.29 is 4.74 Å². The van der Waals surface area contributed by atoms with Crippen LogP contribution in [0, 0.1) is 0 Å². The normalized spacial score (nSPS) is 10.3. The number of hydrogen-bond donors (Lipinski definition) is 1. The molecule has 106 valence electrons. The van der Waals surface area contributed by atoms with E-state index in [-0.39, 0.29) is 11.3 Å². The first-order chi connectivity index (χ1) is 9.78. The van der Waals surface area contributed by atoms with Crippen molar-refractivity contribution in [2.24, 2.45) is 0 Å². The molecule has 20 heavy (non-hydrogen) atoms. The fourth-order valence-electron chi connectivity index (χ4n) is 1.51. The maximum Gasteiger partial charge on any atom is 0.322 e. The molecular weight excluding hydrogens is 278 g/mol. The summed E-state index contributed by atoms with van der Waals surface area (Å²) in [6.45, 7) is 3.26. The lowest BCUT2D eigenvalue weighted by molar-refractivity contribution is 0.294. The highest BCUT2D eigenvalue weighted by molar-refractivity contribution is 6.28. The van der Waals surface area contributed by atoms with Gasteiger partial charge in [-0.2, -0.15) is 15.0 Å². The number of nitrogens with one attached hydrogen (secondary N) is 1. The van der Waals surface area contributed by atoms with Gasteiger partial charge in [-0.25, -0.2) is 0 Å². The lowest BCUT2D eigenvalue weighted by Crippen LogP contribution is -2.09. The van der Waals surface area contributed by atoms with E-state index in [1.165, 1.54) is 0 Å². The highest BCUT2D eigenvalue weighted by Gasteiger charge is 2.05. The predicted octanol–water partition coefficient (Wildman–Crippen LogP) is 2.36. The Morgan fingerprint density at radius 3 is 2.90 bits per heavy atom. The molecule has 0 aliphatic rings. The Hall–Kier alpha value is -1.95. The second kappa shape index (κ2) is 7.59. The maximum atomic E-state index is 5.83. The van der Waals surface area contributed by atoms with Gasteiger partial charge in [0.1, 0.15) is 0 Å². The fourth-order valence-corrected chi connectivity index (χ4v) is 1.66. The molecule has 0 spiro atoms. The summed E-state index contributed by atoms with van der Waals surface area (Å²) in [5.74, 6) is 0.430. The first-order valence-corrected chi connectivity index (χ1v) is 6.84. The summed E-state index contributed by atoms with van der Waals surface area (Å²) in [4.78, 5) is 16.3. The number of aromatic nitrogens is 4. The smallest absolute Gasteiger partial charge is 0.322 e. The van der Waals surface area contributed by atoms with E-state index in [0.717, 1.165) is 18.7 Å². The van der Waals surface area contributed by atoms with Crippen LogP contribution < -0.4 is 10.1 Å². The van der Waals surface area contributed by atoms with Gasteiger partial charge in [-0.15, -0.1) is 0 Å².